The Labute approximate surface area is 147 Å². The number of nitrogens with zero attached hydrogens (tertiary/aromatic N) is 1. The first-order valence-corrected chi connectivity index (χ1v) is 7.51. The number of hydrogen-bond acceptors (Lipinski definition) is 2. The second-order valence-electron chi connectivity index (χ2n) is 6.44. The first-order valence-electron chi connectivity index (χ1n) is 7.51. The lowest BCUT2D eigenvalue weighted by molar-refractivity contribution is -0.128. The quantitative estimate of drug-likeness (QED) is 0.272. The van der Waals surface area contributed by atoms with E-state index in [1.165, 1.54) is 0 Å². The third-order valence-corrected chi connectivity index (χ3v) is 3.06. The molecule has 3 N–H and O–H groups in total. The smallest absolute Gasteiger partial charge is 0.225 e. The summed E-state index contributed by atoms with van der Waals surface area (Å²) in [4.78, 5) is 16.2. The molecule has 0 aliphatic rings. The van der Waals surface area contributed by atoms with Crippen LogP contribution >= 0.6 is 24.0 Å². The topological polar surface area (TPSA) is 65.5 Å². The van der Waals surface area contributed by atoms with Crippen molar-refractivity contribution >= 4 is 35.8 Å². The molecule has 0 aromatic rings. The number of carbonyl (C=O) groups is 1. The Morgan fingerprint density at radius 3 is 2.14 bits per heavy atom. The molecule has 0 aromatic carbocycles. The van der Waals surface area contributed by atoms with Crippen LogP contribution in [0.4, 0.5) is 0 Å². The maximum atomic E-state index is 11.7. The average Bonchev–Trinajstić information content (AvgIpc) is 2.32. The Bertz CT molecular complexity index is 324. The number of guanidine groups is 1. The van der Waals surface area contributed by atoms with Crippen molar-refractivity contribution in [2.24, 2.45) is 16.3 Å². The highest BCUT2D eigenvalue weighted by atomic mass is 127. The molecule has 0 heterocycles. The molecule has 0 aromatic heterocycles. The van der Waals surface area contributed by atoms with Gasteiger partial charge in [0.2, 0.25) is 5.91 Å². The Kier molecular flexibility index (Phi) is 12.0. The summed E-state index contributed by atoms with van der Waals surface area (Å²) in [6, 6.07) is 0.358. The normalized spacial score (nSPS) is 13.4. The monoisotopic (exact) mass is 412 g/mol. The molecule has 1 unspecified atom stereocenters. The predicted molar refractivity (Wildman–Crippen MR) is 101 cm³/mol. The lowest BCUT2D eigenvalue weighted by Gasteiger charge is -2.21. The van der Waals surface area contributed by atoms with E-state index in [0.29, 0.717) is 25.0 Å². The standard InChI is InChI=1S/C15H32N4O.HI/c1-8-16-14(19-12(4)11(2)3)18-10-9-17-13(20)15(5,6)7;/h11-12H,8-10H2,1-7H3,(H,17,20)(H2,16,18,19);1H. The van der Waals surface area contributed by atoms with Gasteiger partial charge < -0.3 is 16.0 Å². The van der Waals surface area contributed by atoms with Crippen molar-refractivity contribution in [1.82, 2.24) is 16.0 Å². The van der Waals surface area contributed by atoms with E-state index in [4.69, 9.17) is 0 Å². The molecule has 126 valence electrons. The van der Waals surface area contributed by atoms with E-state index < -0.39 is 0 Å². The molecule has 0 rings (SSSR count). The van der Waals surface area contributed by atoms with Gasteiger partial charge in [0.1, 0.15) is 0 Å². The van der Waals surface area contributed by atoms with Crippen molar-refractivity contribution in [3.63, 3.8) is 0 Å². The largest absolute Gasteiger partial charge is 0.357 e. The third kappa shape index (κ3) is 10.8. The van der Waals surface area contributed by atoms with Gasteiger partial charge in [0.15, 0.2) is 5.96 Å². The zero-order chi connectivity index (χ0) is 15.8. The summed E-state index contributed by atoms with van der Waals surface area (Å²) in [5, 5.41) is 9.47. The summed E-state index contributed by atoms with van der Waals surface area (Å²) < 4.78 is 0. The van der Waals surface area contributed by atoms with Crippen LogP contribution in [0.15, 0.2) is 4.99 Å². The van der Waals surface area contributed by atoms with Crippen LogP contribution in [-0.2, 0) is 4.79 Å². The number of halogens is 1. The highest BCUT2D eigenvalue weighted by molar-refractivity contribution is 14.0. The van der Waals surface area contributed by atoms with Crippen molar-refractivity contribution in [2.45, 2.75) is 54.5 Å². The summed E-state index contributed by atoms with van der Waals surface area (Å²) in [5.41, 5.74) is -0.349. The Morgan fingerprint density at radius 2 is 1.71 bits per heavy atom. The van der Waals surface area contributed by atoms with Gasteiger partial charge in [0, 0.05) is 24.5 Å². The van der Waals surface area contributed by atoms with Crippen LogP contribution in [0.2, 0.25) is 0 Å². The van der Waals surface area contributed by atoms with Gasteiger partial charge in [-0.05, 0) is 19.8 Å². The van der Waals surface area contributed by atoms with Crippen LogP contribution < -0.4 is 16.0 Å². The first-order chi connectivity index (χ1) is 9.18. The molecule has 1 amide bonds. The minimum atomic E-state index is -0.349. The highest BCUT2D eigenvalue weighted by Crippen LogP contribution is 2.11. The molecule has 0 aliphatic carbocycles. The van der Waals surface area contributed by atoms with Gasteiger partial charge in [0.05, 0.1) is 6.54 Å². The van der Waals surface area contributed by atoms with Gasteiger partial charge in [-0.2, -0.15) is 0 Å². The van der Waals surface area contributed by atoms with Crippen LogP contribution in [0.25, 0.3) is 0 Å². The Morgan fingerprint density at radius 1 is 1.14 bits per heavy atom. The van der Waals surface area contributed by atoms with Gasteiger partial charge in [-0.3, -0.25) is 9.79 Å². The molecule has 0 saturated carbocycles. The van der Waals surface area contributed by atoms with Crippen molar-refractivity contribution in [3.05, 3.63) is 0 Å². The summed E-state index contributed by atoms with van der Waals surface area (Å²) in [5.74, 6) is 1.40. The van der Waals surface area contributed by atoms with Crippen LogP contribution in [0.3, 0.4) is 0 Å². The lowest BCUT2D eigenvalue weighted by Crippen LogP contribution is -2.44. The van der Waals surface area contributed by atoms with Crippen LogP contribution in [0.1, 0.15) is 48.5 Å². The molecule has 21 heavy (non-hydrogen) atoms. The van der Waals surface area contributed by atoms with E-state index in [-0.39, 0.29) is 35.3 Å². The van der Waals surface area contributed by atoms with Crippen LogP contribution in [0.5, 0.6) is 0 Å². The summed E-state index contributed by atoms with van der Waals surface area (Å²) in [6.07, 6.45) is 0. The highest BCUT2D eigenvalue weighted by Gasteiger charge is 2.20. The fraction of sp³-hybridized carbons (Fsp3) is 0.867. The average molecular weight is 412 g/mol. The molecule has 0 spiro atoms. The molecule has 1 atom stereocenters. The minimum absolute atomic E-state index is 0. The van der Waals surface area contributed by atoms with Crippen molar-refractivity contribution in [2.75, 3.05) is 19.6 Å². The van der Waals surface area contributed by atoms with Crippen molar-refractivity contribution < 1.29 is 4.79 Å². The second-order valence-corrected chi connectivity index (χ2v) is 6.44. The van der Waals surface area contributed by atoms with Crippen LogP contribution in [0, 0.1) is 11.3 Å². The zero-order valence-electron chi connectivity index (χ0n) is 14.5. The fourth-order valence-electron chi connectivity index (χ4n) is 1.30. The molecule has 0 bridgehead atoms. The number of carbonyl (C=O) groups excluding carboxylic acids is 1. The van der Waals surface area contributed by atoms with Gasteiger partial charge in [0.25, 0.3) is 0 Å². The summed E-state index contributed by atoms with van der Waals surface area (Å²) in [7, 11) is 0. The number of rotatable bonds is 6. The van der Waals surface area contributed by atoms with E-state index in [1.54, 1.807) is 0 Å². The van der Waals surface area contributed by atoms with Crippen molar-refractivity contribution in [3.8, 4) is 0 Å². The first kappa shape index (κ1) is 22.7. The van der Waals surface area contributed by atoms with E-state index >= 15 is 0 Å². The Hall–Kier alpha value is -0.530. The van der Waals surface area contributed by atoms with Gasteiger partial charge in [-0.15, -0.1) is 24.0 Å². The predicted octanol–water partition coefficient (Wildman–Crippen LogP) is 2.37. The zero-order valence-corrected chi connectivity index (χ0v) is 16.9. The summed E-state index contributed by atoms with van der Waals surface area (Å²) in [6.45, 7) is 16.2. The third-order valence-electron chi connectivity index (χ3n) is 3.06. The number of amides is 1. The molecule has 6 heteroatoms. The molecule has 0 saturated heterocycles. The number of aliphatic imine (C=N–C) groups is 1. The molecule has 0 aliphatic heterocycles. The van der Waals surface area contributed by atoms with E-state index in [0.717, 1.165) is 12.5 Å². The summed E-state index contributed by atoms with van der Waals surface area (Å²) >= 11 is 0. The van der Waals surface area contributed by atoms with E-state index in [1.807, 2.05) is 27.7 Å². The SMILES string of the molecule is CCNC(=NCCNC(=O)C(C)(C)C)NC(C)C(C)C.I. The second kappa shape index (κ2) is 11.1. The number of hydrogen-bond donors (Lipinski definition) is 3. The molecule has 0 radical (unpaired) electrons. The molecule has 0 fully saturated rings. The maximum absolute atomic E-state index is 11.7. The Balaban J connectivity index is 0. The van der Waals surface area contributed by atoms with Gasteiger partial charge >= 0.3 is 0 Å². The van der Waals surface area contributed by atoms with Crippen LogP contribution in [-0.4, -0.2) is 37.5 Å². The van der Waals surface area contributed by atoms with Gasteiger partial charge in [-0.1, -0.05) is 34.6 Å². The van der Waals surface area contributed by atoms with E-state index in [9.17, 15) is 4.79 Å². The lowest BCUT2D eigenvalue weighted by atomic mass is 9.96. The fourth-order valence-corrected chi connectivity index (χ4v) is 1.30. The molecule has 5 nitrogen and oxygen atoms in total. The number of nitrogens with one attached hydrogen (secondary N) is 3. The minimum Gasteiger partial charge on any atom is -0.357 e. The van der Waals surface area contributed by atoms with Gasteiger partial charge in [-0.25, -0.2) is 0 Å². The molecular formula is C15H33IN4O. The molecular weight excluding hydrogens is 379 g/mol. The maximum Gasteiger partial charge on any atom is 0.225 e. The van der Waals surface area contributed by atoms with Crippen molar-refractivity contribution in [1.29, 1.82) is 0 Å². The van der Waals surface area contributed by atoms with E-state index in [2.05, 4.69) is 41.7 Å².